The summed E-state index contributed by atoms with van der Waals surface area (Å²) < 4.78 is 44.7. The summed E-state index contributed by atoms with van der Waals surface area (Å²) in [6.07, 6.45) is 7.17. The second kappa shape index (κ2) is 44.3. The summed E-state index contributed by atoms with van der Waals surface area (Å²) in [6.45, 7) is 30.3. The molecular weight excluding hydrogens is 1550 g/mol. The molecule has 0 atom stereocenters. The van der Waals surface area contributed by atoms with Crippen molar-refractivity contribution in [1.29, 1.82) is 10.5 Å². The molecule has 0 saturated carbocycles. The molecule has 625 valence electrons. The number of hydrogen-bond donors (Lipinski definition) is 0. The van der Waals surface area contributed by atoms with E-state index in [1.54, 1.807) is 48.5 Å². The Balaban J connectivity index is 1.01. The summed E-state index contributed by atoms with van der Waals surface area (Å²) in [5.41, 5.74) is 7.56. The predicted octanol–water partition coefficient (Wildman–Crippen LogP) is 17.3. The van der Waals surface area contributed by atoms with Gasteiger partial charge in [-0.2, -0.15) is 10.5 Å². The second-order valence-electron chi connectivity index (χ2n) is 30.1. The maximum absolute atomic E-state index is 15.0. The van der Waals surface area contributed by atoms with Crippen LogP contribution in [-0.2, 0) is 0 Å². The number of hydrogen-bond acceptors (Lipinski definition) is 18. The molecule has 0 N–H and O–H groups in total. The lowest BCUT2D eigenvalue weighted by atomic mass is 9.50. The van der Waals surface area contributed by atoms with Crippen molar-refractivity contribution in [3.8, 4) is 69.2 Å². The fraction of sp³-hybridized carbons (Fsp3) is 0.320. The average molecular weight is 1660 g/mol. The van der Waals surface area contributed by atoms with E-state index in [9.17, 15) is 20.1 Å². The van der Waals surface area contributed by atoms with Gasteiger partial charge in [-0.3, -0.25) is 0 Å². The van der Waals surface area contributed by atoms with Crippen LogP contribution in [0, 0.1) is 22.7 Å². The smallest absolute Gasteiger partial charge is 0.343 e. The third kappa shape index (κ3) is 22.0. The standard InChI is InChI=1S/C100H109B2N10O8S2/c1-9-107(10-2)56-30-34-60-115-81-64-74(65-82(68-81)116-61-35-31-57-108(11-3)12-4)99(113)119-79-52-48-72(49-53-79)93-91-92(95(111(93)101-76-38-20-17-21-39-76)85(70-103)97-105-87-44-26-28-46-89(87)121-97)94(112(102(77-40-22-18-23-41-77)78-42-24-19-25-43-78)96(91)86(71-104)98-106-88-45-27-29-47-90(88)122-98)73-50-54-80(55-51-73)120-100(114)75-66-83(117-62-36-32-58-109(13-5)14-6)69-84(67-75)118-63-37-33-59-110(15-7)16-8/h17-29,38-55,64-69H,9-16,30-37,56-63H2,1-8H3/b95-85-,96-86-. The number of carbonyl (C=O) groups excluding carboxylic acids is 2. The van der Waals surface area contributed by atoms with Crippen LogP contribution in [0.1, 0.15) is 137 Å². The summed E-state index contributed by atoms with van der Waals surface area (Å²) in [5, 5.41) is 28.1. The zero-order chi connectivity index (χ0) is 85.1. The Kier molecular flexibility index (Phi) is 32.0. The van der Waals surface area contributed by atoms with Gasteiger partial charge in [0.25, 0.3) is 7.41 Å². The second-order valence-corrected chi connectivity index (χ2v) is 32.2. The van der Waals surface area contributed by atoms with Crippen LogP contribution in [-0.4, -0.2) is 170 Å². The quantitative estimate of drug-likeness (QED) is 0.0152. The Bertz CT molecular complexity index is 5650. The topological polar surface area (TPSA) is 186 Å². The molecule has 0 saturated heterocycles. The number of nitriles is 2. The lowest BCUT2D eigenvalue weighted by molar-refractivity contribution is 0.0724. The van der Waals surface area contributed by atoms with E-state index in [1.165, 1.54) is 22.7 Å². The van der Waals surface area contributed by atoms with Crippen molar-refractivity contribution in [2.24, 2.45) is 0 Å². The highest BCUT2D eigenvalue weighted by Gasteiger charge is 2.36. The van der Waals surface area contributed by atoms with Crippen LogP contribution in [0.25, 0.3) is 64.9 Å². The van der Waals surface area contributed by atoms with Crippen LogP contribution in [0.4, 0.5) is 0 Å². The summed E-state index contributed by atoms with van der Waals surface area (Å²) in [7, 11) is 2.03. The number of para-hydroxylation sites is 2. The van der Waals surface area contributed by atoms with Gasteiger partial charge in [0.15, 0.2) is 0 Å². The lowest BCUT2D eigenvalue weighted by Gasteiger charge is -2.22. The summed E-state index contributed by atoms with van der Waals surface area (Å²) in [4.78, 5) is 50.1. The molecule has 0 bridgehead atoms. The first-order chi connectivity index (χ1) is 59.9. The fourth-order valence-corrected chi connectivity index (χ4v) is 17.7. The minimum atomic E-state index is -0.687. The normalized spacial score (nSPS) is 12.0. The molecule has 4 aromatic heterocycles. The van der Waals surface area contributed by atoms with E-state index in [4.69, 9.17) is 38.4 Å². The Morgan fingerprint density at radius 1 is 0.393 bits per heavy atom. The molecule has 122 heavy (non-hydrogen) atoms. The highest BCUT2D eigenvalue weighted by Crippen LogP contribution is 2.40. The predicted molar refractivity (Wildman–Crippen MR) is 499 cm³/mol. The molecule has 13 rings (SSSR count). The highest BCUT2D eigenvalue weighted by atomic mass is 32.1. The molecule has 0 fully saturated rings. The SMILES string of the molecule is CCN(CC)CCCCOc1cc(OCCCCN(CC)CC)cc(C(=O)Oc2ccc(-c3c4/c(=C(\C#N)c5nc6ccccc6s5)n(B(c5ccccc5)c5ccccc5)c(-c5ccc(OC(=O)c6cc(OCCCCN(CC)CC)cc(OCCCCN(CC)CC)c6)cc5)c4/c(=C(\C#N)c4nc5ccccc5s4)n3[B]c3ccccc3)cc2)c1. The van der Waals surface area contributed by atoms with Crippen LogP contribution >= 0.6 is 22.7 Å². The number of fused-ring (bicyclic) bond motifs is 3. The molecule has 0 aliphatic rings. The first kappa shape index (κ1) is 88.2. The van der Waals surface area contributed by atoms with Crippen molar-refractivity contribution >= 4 is 108 Å². The van der Waals surface area contributed by atoms with Gasteiger partial charge in [-0.25, -0.2) is 19.6 Å². The minimum Gasteiger partial charge on any atom is -0.493 e. The number of thiazole rings is 2. The molecule has 0 unspecified atom stereocenters. The molecule has 4 heterocycles. The van der Waals surface area contributed by atoms with Crippen LogP contribution < -0.4 is 55.5 Å². The van der Waals surface area contributed by atoms with Gasteiger partial charge in [0.05, 0.1) is 68.7 Å². The fourth-order valence-electron chi connectivity index (χ4n) is 15.7. The van der Waals surface area contributed by atoms with Crippen molar-refractivity contribution in [3.63, 3.8) is 0 Å². The molecule has 1 radical (unpaired) electrons. The van der Waals surface area contributed by atoms with Crippen molar-refractivity contribution in [3.05, 3.63) is 256 Å². The molecule has 13 aromatic rings. The van der Waals surface area contributed by atoms with Gasteiger partial charge in [-0.15, -0.1) is 22.7 Å². The molecular formula is C100H109B2N10O8S2. The van der Waals surface area contributed by atoms with Gasteiger partial charge in [-0.05, 0) is 238 Å². The Morgan fingerprint density at radius 3 is 1.09 bits per heavy atom. The van der Waals surface area contributed by atoms with Crippen LogP contribution in [0.5, 0.6) is 34.5 Å². The first-order valence-electron chi connectivity index (χ1n) is 43.3. The van der Waals surface area contributed by atoms with Gasteiger partial charge >= 0.3 is 18.8 Å². The number of benzene rings is 9. The van der Waals surface area contributed by atoms with Gasteiger partial charge in [0.2, 0.25) is 0 Å². The Labute approximate surface area is 727 Å². The number of unbranched alkanes of at least 4 members (excludes halogenated alkanes) is 4. The highest BCUT2D eigenvalue weighted by molar-refractivity contribution is 7.20. The van der Waals surface area contributed by atoms with Crippen LogP contribution in [0.2, 0.25) is 0 Å². The first-order valence-corrected chi connectivity index (χ1v) is 45.0. The van der Waals surface area contributed by atoms with Crippen molar-refractivity contribution in [1.82, 2.24) is 38.5 Å². The molecule has 0 aliphatic heterocycles. The third-order valence-electron chi connectivity index (χ3n) is 22.5. The van der Waals surface area contributed by atoms with E-state index in [1.807, 2.05) is 159 Å². The zero-order valence-corrected chi connectivity index (χ0v) is 73.2. The van der Waals surface area contributed by atoms with E-state index in [0.29, 0.717) is 103 Å². The molecule has 0 aliphatic carbocycles. The van der Waals surface area contributed by atoms with Crippen molar-refractivity contribution < 1.29 is 38.0 Å². The van der Waals surface area contributed by atoms with E-state index in [2.05, 4.69) is 120 Å². The number of aromatic nitrogens is 4. The monoisotopic (exact) mass is 1660 g/mol. The van der Waals surface area contributed by atoms with Gasteiger partial charge in [0.1, 0.15) is 67.8 Å². The van der Waals surface area contributed by atoms with Crippen molar-refractivity contribution in [2.45, 2.75) is 107 Å². The molecule has 0 spiro atoms. The minimum absolute atomic E-state index is 0.257. The maximum atomic E-state index is 15.0. The van der Waals surface area contributed by atoms with Crippen LogP contribution in [0.15, 0.2) is 224 Å². The number of carbonyl (C=O) groups is 2. The number of ether oxygens (including phenoxy) is 6. The maximum Gasteiger partial charge on any atom is 0.343 e. The summed E-state index contributed by atoms with van der Waals surface area (Å²) in [6, 6.07) is 77.2. The van der Waals surface area contributed by atoms with E-state index in [-0.39, 0.29) is 33.8 Å². The molecule has 22 heteroatoms. The summed E-state index contributed by atoms with van der Waals surface area (Å²) in [5.74, 6) is 1.35. The van der Waals surface area contributed by atoms with E-state index in [0.717, 1.165) is 167 Å². The zero-order valence-electron chi connectivity index (χ0n) is 71.5. The summed E-state index contributed by atoms with van der Waals surface area (Å²) >= 11 is 2.84. The van der Waals surface area contributed by atoms with E-state index >= 15 is 0 Å². The number of esters is 2. The van der Waals surface area contributed by atoms with E-state index < -0.39 is 18.8 Å². The third-order valence-corrected chi connectivity index (χ3v) is 24.6. The average Bonchev–Trinajstić information content (AvgIpc) is 1.52. The lowest BCUT2D eigenvalue weighted by Crippen LogP contribution is -2.53. The largest absolute Gasteiger partial charge is 0.493 e. The van der Waals surface area contributed by atoms with Crippen LogP contribution in [0.3, 0.4) is 0 Å². The number of rotatable bonds is 45. The van der Waals surface area contributed by atoms with Gasteiger partial charge < -0.3 is 57.0 Å². The van der Waals surface area contributed by atoms with Gasteiger partial charge in [0, 0.05) is 34.3 Å². The molecule has 0 amide bonds. The Morgan fingerprint density at radius 2 is 0.730 bits per heavy atom. The number of nitrogens with zero attached hydrogens (tertiary/aromatic N) is 10. The molecule has 18 nitrogen and oxygen atoms in total. The van der Waals surface area contributed by atoms with Gasteiger partial charge in [-0.1, -0.05) is 187 Å². The Hall–Kier alpha value is -11.6. The molecule has 9 aromatic carbocycles. The van der Waals surface area contributed by atoms with Crippen molar-refractivity contribution in [2.75, 3.05) is 105 Å².